The van der Waals surface area contributed by atoms with E-state index in [2.05, 4.69) is 23.2 Å². The standard InChI is InChI=1S/C15H23ClN2/c1-11-6-4-7-12(10-11)17-14-9-5-8-13(16)15(14)18(2)3/h5,8-9,11-12,17H,4,6-7,10H2,1-3H3. The molecular formula is C15H23ClN2. The number of para-hydroxylation sites is 1. The van der Waals surface area contributed by atoms with Gasteiger partial charge in [-0.3, -0.25) is 0 Å². The van der Waals surface area contributed by atoms with Crippen molar-refractivity contribution in [2.24, 2.45) is 5.92 Å². The maximum Gasteiger partial charge on any atom is 0.0786 e. The summed E-state index contributed by atoms with van der Waals surface area (Å²) < 4.78 is 0. The summed E-state index contributed by atoms with van der Waals surface area (Å²) in [6.07, 6.45) is 5.23. The van der Waals surface area contributed by atoms with Crippen molar-refractivity contribution in [1.29, 1.82) is 0 Å². The number of benzene rings is 1. The molecule has 0 heterocycles. The molecule has 1 aliphatic rings. The predicted molar refractivity (Wildman–Crippen MR) is 80.8 cm³/mol. The average molecular weight is 267 g/mol. The van der Waals surface area contributed by atoms with E-state index in [4.69, 9.17) is 11.6 Å². The van der Waals surface area contributed by atoms with Crippen molar-refractivity contribution in [3.05, 3.63) is 23.2 Å². The van der Waals surface area contributed by atoms with E-state index in [1.165, 1.54) is 25.7 Å². The number of hydrogen-bond donors (Lipinski definition) is 1. The zero-order valence-corrected chi connectivity index (χ0v) is 12.3. The van der Waals surface area contributed by atoms with Crippen LogP contribution in [0.5, 0.6) is 0 Å². The number of halogens is 1. The molecule has 0 amide bonds. The van der Waals surface area contributed by atoms with E-state index < -0.39 is 0 Å². The lowest BCUT2D eigenvalue weighted by atomic mass is 9.87. The first-order chi connectivity index (χ1) is 8.58. The van der Waals surface area contributed by atoms with Gasteiger partial charge in [0.1, 0.15) is 0 Å². The summed E-state index contributed by atoms with van der Waals surface area (Å²) in [5, 5.41) is 4.49. The zero-order chi connectivity index (χ0) is 13.1. The van der Waals surface area contributed by atoms with E-state index >= 15 is 0 Å². The van der Waals surface area contributed by atoms with Gasteiger partial charge < -0.3 is 10.2 Å². The first-order valence-electron chi connectivity index (χ1n) is 6.80. The molecule has 1 saturated carbocycles. The lowest BCUT2D eigenvalue weighted by Crippen LogP contribution is -2.27. The second kappa shape index (κ2) is 5.83. The normalized spacial score (nSPS) is 23.8. The number of nitrogens with zero attached hydrogens (tertiary/aromatic N) is 1. The lowest BCUT2D eigenvalue weighted by Gasteiger charge is -2.30. The fraction of sp³-hybridized carbons (Fsp3) is 0.600. The summed E-state index contributed by atoms with van der Waals surface area (Å²) in [7, 11) is 4.08. The van der Waals surface area contributed by atoms with Crippen molar-refractivity contribution < 1.29 is 0 Å². The van der Waals surface area contributed by atoms with Crippen LogP contribution in [0.15, 0.2) is 18.2 Å². The van der Waals surface area contributed by atoms with Gasteiger partial charge in [-0.25, -0.2) is 0 Å². The molecule has 2 unspecified atom stereocenters. The Hall–Kier alpha value is -0.890. The minimum atomic E-state index is 0.589. The zero-order valence-electron chi connectivity index (χ0n) is 11.5. The Labute approximate surface area is 115 Å². The van der Waals surface area contributed by atoms with Gasteiger partial charge in [-0.15, -0.1) is 0 Å². The summed E-state index contributed by atoms with van der Waals surface area (Å²) in [5.74, 6) is 0.832. The fourth-order valence-corrected chi connectivity index (χ4v) is 3.22. The van der Waals surface area contributed by atoms with Gasteiger partial charge in [-0.05, 0) is 30.9 Å². The largest absolute Gasteiger partial charge is 0.381 e. The monoisotopic (exact) mass is 266 g/mol. The number of anilines is 2. The summed E-state index contributed by atoms with van der Waals surface area (Å²) in [6, 6.07) is 6.68. The molecule has 0 aliphatic heterocycles. The van der Waals surface area contributed by atoms with Crippen LogP contribution in [0.4, 0.5) is 11.4 Å². The summed E-state index contributed by atoms with van der Waals surface area (Å²) in [4.78, 5) is 2.08. The molecule has 2 rings (SSSR count). The molecule has 1 N–H and O–H groups in total. The molecule has 18 heavy (non-hydrogen) atoms. The smallest absolute Gasteiger partial charge is 0.0786 e. The Kier molecular flexibility index (Phi) is 4.39. The van der Waals surface area contributed by atoms with Crippen LogP contribution in [0, 0.1) is 5.92 Å². The van der Waals surface area contributed by atoms with Crippen LogP contribution < -0.4 is 10.2 Å². The SMILES string of the molecule is CC1CCCC(Nc2cccc(Cl)c2N(C)C)C1. The molecule has 0 bridgehead atoms. The van der Waals surface area contributed by atoms with E-state index in [-0.39, 0.29) is 0 Å². The predicted octanol–water partition coefficient (Wildman–Crippen LogP) is 4.40. The Bertz CT molecular complexity index is 403. The molecule has 0 radical (unpaired) electrons. The molecule has 2 atom stereocenters. The van der Waals surface area contributed by atoms with E-state index in [0.717, 1.165) is 22.3 Å². The van der Waals surface area contributed by atoms with Gasteiger partial charge in [0.25, 0.3) is 0 Å². The molecule has 1 aromatic carbocycles. The fourth-order valence-electron chi connectivity index (χ4n) is 2.87. The van der Waals surface area contributed by atoms with Crippen LogP contribution in [-0.4, -0.2) is 20.1 Å². The third-order valence-electron chi connectivity index (χ3n) is 3.73. The molecular weight excluding hydrogens is 244 g/mol. The molecule has 1 aliphatic carbocycles. The Morgan fingerprint density at radius 1 is 1.28 bits per heavy atom. The molecule has 2 nitrogen and oxygen atoms in total. The van der Waals surface area contributed by atoms with Gasteiger partial charge in [-0.2, -0.15) is 0 Å². The first kappa shape index (κ1) is 13.5. The summed E-state index contributed by atoms with van der Waals surface area (Å²) in [6.45, 7) is 2.35. The van der Waals surface area contributed by atoms with Crippen LogP contribution in [0.25, 0.3) is 0 Å². The van der Waals surface area contributed by atoms with Crippen molar-refractivity contribution >= 4 is 23.0 Å². The van der Waals surface area contributed by atoms with E-state index in [1.807, 2.05) is 26.2 Å². The van der Waals surface area contributed by atoms with Crippen LogP contribution in [0.1, 0.15) is 32.6 Å². The Morgan fingerprint density at radius 3 is 2.72 bits per heavy atom. The Morgan fingerprint density at radius 2 is 2.06 bits per heavy atom. The van der Waals surface area contributed by atoms with Crippen molar-refractivity contribution in [2.75, 3.05) is 24.3 Å². The van der Waals surface area contributed by atoms with Gasteiger partial charge in [0, 0.05) is 20.1 Å². The van der Waals surface area contributed by atoms with Crippen LogP contribution in [0.3, 0.4) is 0 Å². The van der Waals surface area contributed by atoms with E-state index in [0.29, 0.717) is 6.04 Å². The van der Waals surface area contributed by atoms with Crippen molar-refractivity contribution in [3.8, 4) is 0 Å². The van der Waals surface area contributed by atoms with E-state index in [9.17, 15) is 0 Å². The maximum absolute atomic E-state index is 6.29. The highest BCUT2D eigenvalue weighted by Gasteiger charge is 2.20. The molecule has 3 heteroatoms. The topological polar surface area (TPSA) is 15.3 Å². The summed E-state index contributed by atoms with van der Waals surface area (Å²) in [5.41, 5.74) is 2.25. The molecule has 1 aromatic rings. The van der Waals surface area contributed by atoms with Gasteiger partial charge >= 0.3 is 0 Å². The number of hydrogen-bond acceptors (Lipinski definition) is 2. The minimum absolute atomic E-state index is 0.589. The molecule has 0 saturated heterocycles. The molecule has 100 valence electrons. The summed E-state index contributed by atoms with van der Waals surface area (Å²) >= 11 is 6.29. The minimum Gasteiger partial charge on any atom is -0.381 e. The first-order valence-corrected chi connectivity index (χ1v) is 7.18. The Balaban J connectivity index is 2.15. The average Bonchev–Trinajstić information content (AvgIpc) is 2.28. The highest BCUT2D eigenvalue weighted by Crippen LogP contribution is 2.35. The van der Waals surface area contributed by atoms with Gasteiger partial charge in [0.2, 0.25) is 0 Å². The number of nitrogens with one attached hydrogen (secondary N) is 1. The van der Waals surface area contributed by atoms with Gasteiger partial charge in [0.05, 0.1) is 16.4 Å². The van der Waals surface area contributed by atoms with Crippen LogP contribution in [0.2, 0.25) is 5.02 Å². The quantitative estimate of drug-likeness (QED) is 0.873. The highest BCUT2D eigenvalue weighted by atomic mass is 35.5. The molecule has 1 fully saturated rings. The third kappa shape index (κ3) is 3.11. The second-order valence-corrected chi connectivity index (χ2v) is 6.05. The van der Waals surface area contributed by atoms with E-state index in [1.54, 1.807) is 0 Å². The van der Waals surface area contributed by atoms with Crippen molar-refractivity contribution in [1.82, 2.24) is 0 Å². The maximum atomic E-state index is 6.29. The number of rotatable bonds is 3. The second-order valence-electron chi connectivity index (χ2n) is 5.64. The third-order valence-corrected chi connectivity index (χ3v) is 4.04. The molecule has 0 spiro atoms. The molecule has 0 aromatic heterocycles. The van der Waals surface area contributed by atoms with Gasteiger partial charge in [-0.1, -0.05) is 37.4 Å². The van der Waals surface area contributed by atoms with Gasteiger partial charge in [0.15, 0.2) is 0 Å². The van der Waals surface area contributed by atoms with Crippen LogP contribution in [-0.2, 0) is 0 Å². The van der Waals surface area contributed by atoms with Crippen molar-refractivity contribution in [3.63, 3.8) is 0 Å². The van der Waals surface area contributed by atoms with Crippen LogP contribution >= 0.6 is 11.6 Å². The van der Waals surface area contributed by atoms with Crippen molar-refractivity contribution in [2.45, 2.75) is 38.6 Å². The highest BCUT2D eigenvalue weighted by molar-refractivity contribution is 6.34. The lowest BCUT2D eigenvalue weighted by molar-refractivity contribution is 0.358.